The first kappa shape index (κ1) is 22.5. The number of halogens is 1. The summed E-state index contributed by atoms with van der Waals surface area (Å²) in [6, 6.07) is 12.7. The minimum absolute atomic E-state index is 0.0617. The molecule has 0 radical (unpaired) electrons. The molecule has 0 spiro atoms. The van der Waals surface area contributed by atoms with Crippen molar-refractivity contribution in [2.75, 3.05) is 13.6 Å². The normalized spacial score (nSPS) is 20.5. The SMILES string of the molecule is CC(C)C1c2ccc(F)cc2CCC1(O)CC(=O)N(C)CCCc1nc2ccccc2[nH]1. The van der Waals surface area contributed by atoms with Crippen LogP contribution < -0.4 is 0 Å². The molecule has 170 valence electrons. The number of imidazole rings is 1. The van der Waals surface area contributed by atoms with E-state index < -0.39 is 5.60 Å². The van der Waals surface area contributed by atoms with Crippen molar-refractivity contribution < 1.29 is 14.3 Å². The number of aromatic nitrogens is 2. The van der Waals surface area contributed by atoms with Gasteiger partial charge in [0.15, 0.2) is 0 Å². The molecule has 5 nitrogen and oxygen atoms in total. The minimum Gasteiger partial charge on any atom is -0.389 e. The van der Waals surface area contributed by atoms with Crippen molar-refractivity contribution in [3.8, 4) is 0 Å². The number of nitrogens with one attached hydrogen (secondary N) is 1. The number of H-pyrrole nitrogens is 1. The van der Waals surface area contributed by atoms with Gasteiger partial charge in [-0.25, -0.2) is 9.37 Å². The van der Waals surface area contributed by atoms with Crippen LogP contribution in [0, 0.1) is 11.7 Å². The zero-order valence-electron chi connectivity index (χ0n) is 19.1. The molecule has 0 aliphatic heterocycles. The van der Waals surface area contributed by atoms with Crippen molar-refractivity contribution in [3.05, 3.63) is 65.2 Å². The highest BCUT2D eigenvalue weighted by atomic mass is 19.1. The molecule has 0 fully saturated rings. The Hall–Kier alpha value is -2.73. The summed E-state index contributed by atoms with van der Waals surface area (Å²) in [4.78, 5) is 22.6. The first-order chi connectivity index (χ1) is 15.3. The summed E-state index contributed by atoms with van der Waals surface area (Å²) in [6.45, 7) is 4.70. The van der Waals surface area contributed by atoms with Gasteiger partial charge in [-0.15, -0.1) is 0 Å². The van der Waals surface area contributed by atoms with Crippen molar-refractivity contribution in [2.24, 2.45) is 5.92 Å². The quantitative estimate of drug-likeness (QED) is 0.568. The Balaban J connectivity index is 1.38. The van der Waals surface area contributed by atoms with Crippen molar-refractivity contribution in [1.82, 2.24) is 14.9 Å². The molecule has 2 atom stereocenters. The van der Waals surface area contributed by atoms with Gasteiger partial charge in [0.25, 0.3) is 0 Å². The number of aryl methyl sites for hydroxylation is 2. The summed E-state index contributed by atoms with van der Waals surface area (Å²) in [7, 11) is 1.79. The number of aliphatic hydroxyl groups is 1. The molecule has 2 aromatic carbocycles. The van der Waals surface area contributed by atoms with Crippen molar-refractivity contribution in [1.29, 1.82) is 0 Å². The van der Waals surface area contributed by atoms with Crippen molar-refractivity contribution >= 4 is 16.9 Å². The molecule has 1 aliphatic carbocycles. The van der Waals surface area contributed by atoms with Crippen LogP contribution in [0.25, 0.3) is 11.0 Å². The maximum atomic E-state index is 13.7. The van der Waals surface area contributed by atoms with E-state index >= 15 is 0 Å². The van der Waals surface area contributed by atoms with E-state index in [0.29, 0.717) is 19.4 Å². The summed E-state index contributed by atoms with van der Waals surface area (Å²) < 4.78 is 13.7. The van der Waals surface area contributed by atoms with Gasteiger partial charge in [0.2, 0.25) is 5.91 Å². The van der Waals surface area contributed by atoms with Gasteiger partial charge in [-0.3, -0.25) is 4.79 Å². The van der Waals surface area contributed by atoms with Crippen molar-refractivity contribution in [2.45, 2.75) is 57.5 Å². The second-order valence-corrected chi connectivity index (χ2v) is 9.46. The van der Waals surface area contributed by atoms with Crippen molar-refractivity contribution in [3.63, 3.8) is 0 Å². The molecule has 1 amide bonds. The molecule has 4 rings (SSSR count). The number of benzene rings is 2. The van der Waals surface area contributed by atoms with E-state index in [1.807, 2.05) is 24.3 Å². The maximum absolute atomic E-state index is 13.7. The zero-order valence-corrected chi connectivity index (χ0v) is 19.1. The number of nitrogens with zero attached hydrogens (tertiary/aromatic N) is 2. The molecule has 0 bridgehead atoms. The van der Waals surface area contributed by atoms with Crippen LogP contribution in [0.2, 0.25) is 0 Å². The number of carbonyl (C=O) groups excluding carboxylic acids is 1. The molecule has 0 saturated carbocycles. The smallest absolute Gasteiger partial charge is 0.225 e. The van der Waals surface area contributed by atoms with E-state index in [1.54, 1.807) is 24.1 Å². The van der Waals surface area contributed by atoms with Crippen LogP contribution in [0.3, 0.4) is 0 Å². The van der Waals surface area contributed by atoms with Gasteiger partial charge in [-0.1, -0.05) is 32.0 Å². The van der Waals surface area contributed by atoms with Crippen LogP contribution in [-0.4, -0.2) is 45.1 Å². The summed E-state index contributed by atoms with van der Waals surface area (Å²) in [5.41, 5.74) is 2.76. The Morgan fingerprint density at radius 3 is 2.84 bits per heavy atom. The summed E-state index contributed by atoms with van der Waals surface area (Å²) in [5.74, 6) is 0.544. The van der Waals surface area contributed by atoms with E-state index in [9.17, 15) is 14.3 Å². The highest BCUT2D eigenvalue weighted by molar-refractivity contribution is 5.77. The third kappa shape index (κ3) is 4.56. The Bertz CT molecular complexity index is 1080. The Kier molecular flexibility index (Phi) is 6.33. The van der Waals surface area contributed by atoms with Gasteiger partial charge in [-0.05, 0) is 60.6 Å². The van der Waals surface area contributed by atoms with Crippen LogP contribution in [0.1, 0.15) is 56.0 Å². The number of aromatic amines is 1. The Morgan fingerprint density at radius 1 is 1.31 bits per heavy atom. The molecule has 2 N–H and O–H groups in total. The van der Waals surface area contributed by atoms with Gasteiger partial charge >= 0.3 is 0 Å². The van der Waals surface area contributed by atoms with Crippen LogP contribution in [0.4, 0.5) is 4.39 Å². The highest BCUT2D eigenvalue weighted by Crippen LogP contribution is 2.45. The van der Waals surface area contributed by atoms with E-state index in [1.165, 1.54) is 6.07 Å². The lowest BCUT2D eigenvalue weighted by atomic mass is 9.66. The molecule has 1 aliphatic rings. The first-order valence-electron chi connectivity index (χ1n) is 11.4. The third-order valence-electron chi connectivity index (χ3n) is 6.74. The number of hydrogen-bond donors (Lipinski definition) is 2. The molecule has 0 saturated heterocycles. The molecular formula is C26H32FN3O2. The maximum Gasteiger partial charge on any atom is 0.225 e. The molecule has 1 heterocycles. The number of carbonyl (C=O) groups is 1. The minimum atomic E-state index is -1.12. The second kappa shape index (κ2) is 9.02. The first-order valence-corrected chi connectivity index (χ1v) is 11.4. The lowest BCUT2D eigenvalue weighted by Crippen LogP contribution is -2.47. The fourth-order valence-electron chi connectivity index (χ4n) is 5.20. The standard InChI is InChI=1S/C26H32FN3O2/c1-17(2)25-20-11-10-19(27)15-18(20)12-13-26(25,32)16-24(31)30(3)14-6-9-23-28-21-7-4-5-8-22(21)29-23/h4-5,7-8,10-11,15,17,25,32H,6,9,12-14,16H2,1-3H3,(H,28,29). The van der Waals surface area contributed by atoms with E-state index in [4.69, 9.17) is 0 Å². The summed E-state index contributed by atoms with van der Waals surface area (Å²) in [5, 5.41) is 11.6. The van der Waals surface area contributed by atoms with Gasteiger partial charge in [-0.2, -0.15) is 0 Å². The van der Waals surface area contributed by atoms with Crippen LogP contribution in [-0.2, 0) is 17.6 Å². The fraction of sp³-hybridized carbons (Fsp3) is 0.462. The molecule has 1 aromatic heterocycles. The molecule has 2 unspecified atom stereocenters. The lowest BCUT2D eigenvalue weighted by Gasteiger charge is -2.43. The van der Waals surface area contributed by atoms with Gasteiger partial charge in [0, 0.05) is 25.9 Å². The largest absolute Gasteiger partial charge is 0.389 e. The Labute approximate surface area is 188 Å². The van der Waals surface area contributed by atoms with Crippen LogP contribution in [0.5, 0.6) is 0 Å². The van der Waals surface area contributed by atoms with E-state index in [-0.39, 0.29) is 30.0 Å². The zero-order chi connectivity index (χ0) is 22.9. The van der Waals surface area contributed by atoms with Crippen LogP contribution in [0.15, 0.2) is 42.5 Å². The van der Waals surface area contributed by atoms with E-state index in [0.717, 1.165) is 40.8 Å². The van der Waals surface area contributed by atoms with Crippen LogP contribution >= 0.6 is 0 Å². The number of fused-ring (bicyclic) bond motifs is 2. The molecule has 3 aromatic rings. The highest BCUT2D eigenvalue weighted by Gasteiger charge is 2.45. The predicted octanol–water partition coefficient (Wildman–Crippen LogP) is 4.60. The predicted molar refractivity (Wildman–Crippen MR) is 124 cm³/mol. The third-order valence-corrected chi connectivity index (χ3v) is 6.74. The number of amides is 1. The summed E-state index contributed by atoms with van der Waals surface area (Å²) >= 11 is 0. The number of hydrogen-bond acceptors (Lipinski definition) is 3. The topological polar surface area (TPSA) is 69.2 Å². The van der Waals surface area contributed by atoms with Gasteiger partial charge < -0.3 is 15.0 Å². The second-order valence-electron chi connectivity index (χ2n) is 9.46. The average molecular weight is 438 g/mol. The summed E-state index contributed by atoms with van der Waals surface area (Å²) in [6.07, 6.45) is 2.66. The monoisotopic (exact) mass is 437 g/mol. The molecule has 6 heteroatoms. The fourth-order valence-corrected chi connectivity index (χ4v) is 5.20. The lowest BCUT2D eigenvalue weighted by molar-refractivity contribution is -0.137. The average Bonchev–Trinajstić information content (AvgIpc) is 3.16. The van der Waals surface area contributed by atoms with Gasteiger partial charge in [0.1, 0.15) is 11.6 Å². The molecular weight excluding hydrogens is 405 g/mol. The number of rotatable bonds is 7. The molecule has 32 heavy (non-hydrogen) atoms. The van der Waals surface area contributed by atoms with E-state index in [2.05, 4.69) is 23.8 Å². The van der Waals surface area contributed by atoms with Gasteiger partial charge in [0.05, 0.1) is 23.1 Å². The number of para-hydroxylation sites is 2. The Morgan fingerprint density at radius 2 is 2.09 bits per heavy atom.